The standard InChI is InChI=1S/C60H60O16/c1-39(61)67-36-50-52(66)54(71-41(3)63)55(72-42(4)64)57(74-50)76-58(38-69-60(47-30-18-9-19-31-47,48-32-20-10-21-33-48)49-34-22-11-23-35-49)56(73-43(5)65)53(70-40(2)62)51(75-58)37-68-59(44-24-12-6-13-25-44,45-26-14-7-15-27-45)46-28-16-8-17-29-46/h6-35,50-57,66H,36-38H2,1-5H3/t50-,51-,52+,53-,54+,55-,56+,57-,58+/m1/s1. The summed E-state index contributed by atoms with van der Waals surface area (Å²) in [6.07, 6.45) is -13.4. The Labute approximate surface area is 440 Å². The average Bonchev–Trinajstić information content (AvgIpc) is 3.82. The second-order valence-corrected chi connectivity index (χ2v) is 18.3. The Kier molecular flexibility index (Phi) is 17.6. The molecule has 16 nitrogen and oxygen atoms in total. The van der Waals surface area contributed by atoms with Crippen LogP contribution in [-0.2, 0) is 82.5 Å². The summed E-state index contributed by atoms with van der Waals surface area (Å²) in [5, 5.41) is 11.7. The molecule has 0 amide bonds. The Bertz CT molecular complexity index is 2680. The highest BCUT2D eigenvalue weighted by Crippen LogP contribution is 2.48. The molecule has 396 valence electrons. The third-order valence-corrected chi connectivity index (χ3v) is 13.1. The molecule has 9 atom stereocenters. The van der Waals surface area contributed by atoms with Crippen molar-refractivity contribution in [2.75, 3.05) is 19.8 Å². The maximum atomic E-state index is 13.7. The monoisotopic (exact) mass is 1040 g/mol. The number of carbonyl (C=O) groups excluding carboxylic acids is 5. The molecule has 0 bridgehead atoms. The number of benzene rings is 6. The summed E-state index contributed by atoms with van der Waals surface area (Å²) in [5.41, 5.74) is 1.23. The summed E-state index contributed by atoms with van der Waals surface area (Å²) in [6.45, 7) is 3.95. The van der Waals surface area contributed by atoms with Gasteiger partial charge in [-0.2, -0.15) is 0 Å². The number of hydrogen-bond donors (Lipinski definition) is 1. The lowest BCUT2D eigenvalue weighted by atomic mass is 9.80. The van der Waals surface area contributed by atoms with Gasteiger partial charge in [-0.25, -0.2) is 0 Å². The maximum absolute atomic E-state index is 13.7. The van der Waals surface area contributed by atoms with Gasteiger partial charge in [0, 0.05) is 34.6 Å². The van der Waals surface area contributed by atoms with Crippen LogP contribution in [0.1, 0.15) is 68.0 Å². The van der Waals surface area contributed by atoms with Gasteiger partial charge in [-0.15, -0.1) is 0 Å². The van der Waals surface area contributed by atoms with Crippen molar-refractivity contribution in [3.05, 3.63) is 215 Å². The van der Waals surface area contributed by atoms with Crippen LogP contribution in [0, 0.1) is 0 Å². The Hall–Kier alpha value is -7.57. The van der Waals surface area contributed by atoms with E-state index in [-0.39, 0.29) is 0 Å². The van der Waals surface area contributed by atoms with Crippen LogP contribution in [0.2, 0.25) is 0 Å². The van der Waals surface area contributed by atoms with E-state index in [0.717, 1.165) is 44.4 Å². The lowest BCUT2D eigenvalue weighted by molar-refractivity contribution is -0.388. The van der Waals surface area contributed by atoms with Crippen LogP contribution in [-0.4, -0.2) is 110 Å². The van der Waals surface area contributed by atoms with E-state index in [2.05, 4.69) is 0 Å². The largest absolute Gasteiger partial charge is 0.463 e. The van der Waals surface area contributed by atoms with Crippen LogP contribution in [0.25, 0.3) is 0 Å². The minimum atomic E-state index is -2.49. The number of aliphatic hydroxyl groups is 1. The van der Waals surface area contributed by atoms with E-state index in [1.54, 1.807) is 0 Å². The second-order valence-electron chi connectivity index (χ2n) is 18.3. The topological polar surface area (TPSA) is 198 Å². The molecule has 1 N–H and O–H groups in total. The summed E-state index contributed by atoms with van der Waals surface area (Å²) in [6, 6.07) is 56.5. The molecule has 0 unspecified atom stereocenters. The third kappa shape index (κ3) is 11.9. The molecule has 6 aromatic carbocycles. The fraction of sp³-hybridized carbons (Fsp3) is 0.317. The summed E-state index contributed by atoms with van der Waals surface area (Å²) in [7, 11) is 0. The van der Waals surface area contributed by atoms with Gasteiger partial charge in [-0.1, -0.05) is 182 Å². The number of esters is 5. The van der Waals surface area contributed by atoms with Gasteiger partial charge in [0.05, 0.1) is 6.61 Å². The molecule has 2 saturated heterocycles. The molecular formula is C60H60O16. The van der Waals surface area contributed by atoms with Crippen molar-refractivity contribution < 1.29 is 76.4 Å². The van der Waals surface area contributed by atoms with Gasteiger partial charge >= 0.3 is 29.8 Å². The van der Waals surface area contributed by atoms with Gasteiger partial charge in [0.25, 0.3) is 0 Å². The lowest BCUT2D eigenvalue weighted by Gasteiger charge is -2.46. The van der Waals surface area contributed by atoms with E-state index in [4.69, 9.17) is 47.4 Å². The molecule has 0 saturated carbocycles. The van der Waals surface area contributed by atoms with E-state index in [9.17, 15) is 29.1 Å². The SMILES string of the molecule is CC(=O)OC[C@H]1O[C@H](O[C@]2(COC(c3ccccc3)(c3ccccc3)c3ccccc3)O[C@H](COC(c3ccccc3)(c3ccccc3)c3ccccc3)[C@@H](OC(C)=O)[C@@H]2OC(C)=O)[C@H](OC(C)=O)[C@@H](OC(C)=O)[C@H]1O. The molecule has 6 aromatic rings. The minimum Gasteiger partial charge on any atom is -0.463 e. The van der Waals surface area contributed by atoms with Gasteiger partial charge < -0.3 is 52.5 Å². The van der Waals surface area contributed by atoms with Gasteiger partial charge in [-0.3, -0.25) is 24.0 Å². The van der Waals surface area contributed by atoms with E-state index in [1.165, 1.54) is 6.92 Å². The first-order valence-corrected chi connectivity index (χ1v) is 24.8. The van der Waals surface area contributed by atoms with E-state index < -0.39 is 116 Å². The first-order chi connectivity index (χ1) is 36.7. The van der Waals surface area contributed by atoms with Gasteiger partial charge in [0.2, 0.25) is 12.1 Å². The molecule has 0 spiro atoms. The Balaban J connectivity index is 1.35. The predicted molar refractivity (Wildman–Crippen MR) is 273 cm³/mol. The smallest absolute Gasteiger partial charge is 0.303 e. The molecular weight excluding hydrogens is 977 g/mol. The predicted octanol–water partition coefficient (Wildman–Crippen LogP) is 7.49. The summed E-state index contributed by atoms with van der Waals surface area (Å²) in [5.74, 6) is -6.68. The van der Waals surface area contributed by atoms with Crippen LogP contribution in [0.3, 0.4) is 0 Å². The fourth-order valence-corrected chi connectivity index (χ4v) is 9.99. The van der Waals surface area contributed by atoms with Crippen LogP contribution in [0.5, 0.6) is 0 Å². The molecule has 8 rings (SSSR count). The number of aliphatic hydroxyl groups excluding tert-OH is 1. The van der Waals surface area contributed by atoms with Crippen molar-refractivity contribution in [1.82, 2.24) is 0 Å². The number of ether oxygens (including phenoxy) is 10. The zero-order valence-corrected chi connectivity index (χ0v) is 42.6. The van der Waals surface area contributed by atoms with E-state index in [1.807, 2.05) is 182 Å². The Morgan fingerprint density at radius 1 is 0.447 bits per heavy atom. The quantitative estimate of drug-likeness (QED) is 0.0448. The zero-order valence-electron chi connectivity index (χ0n) is 42.6. The van der Waals surface area contributed by atoms with Crippen molar-refractivity contribution in [2.45, 2.75) is 101 Å². The molecule has 16 heteroatoms. The zero-order chi connectivity index (χ0) is 53.9. The number of rotatable bonds is 20. The van der Waals surface area contributed by atoms with Crippen LogP contribution in [0.4, 0.5) is 0 Å². The minimum absolute atomic E-state index is 0.399. The maximum Gasteiger partial charge on any atom is 0.303 e. The van der Waals surface area contributed by atoms with Crippen LogP contribution in [0.15, 0.2) is 182 Å². The molecule has 76 heavy (non-hydrogen) atoms. The van der Waals surface area contributed by atoms with Crippen molar-refractivity contribution >= 4 is 29.8 Å². The second kappa shape index (κ2) is 24.4. The summed E-state index contributed by atoms with van der Waals surface area (Å²) >= 11 is 0. The third-order valence-electron chi connectivity index (χ3n) is 13.1. The van der Waals surface area contributed by atoms with E-state index >= 15 is 0 Å². The molecule has 2 aliphatic rings. The summed E-state index contributed by atoms with van der Waals surface area (Å²) in [4.78, 5) is 65.3. The Morgan fingerprint density at radius 2 is 0.803 bits per heavy atom. The fourth-order valence-electron chi connectivity index (χ4n) is 9.99. The number of hydrogen-bond acceptors (Lipinski definition) is 16. The highest BCUT2D eigenvalue weighted by atomic mass is 16.8. The van der Waals surface area contributed by atoms with Gasteiger partial charge in [-0.05, 0) is 33.4 Å². The number of carbonyl (C=O) groups is 5. The molecule has 2 heterocycles. The highest BCUT2D eigenvalue weighted by molar-refractivity contribution is 5.68. The molecule has 0 aliphatic carbocycles. The first kappa shape index (κ1) is 54.7. The van der Waals surface area contributed by atoms with Crippen LogP contribution < -0.4 is 0 Å². The highest BCUT2D eigenvalue weighted by Gasteiger charge is 2.65. The van der Waals surface area contributed by atoms with Crippen LogP contribution >= 0.6 is 0 Å². The first-order valence-electron chi connectivity index (χ1n) is 24.8. The van der Waals surface area contributed by atoms with Gasteiger partial charge in [0.15, 0.2) is 24.4 Å². The summed E-state index contributed by atoms with van der Waals surface area (Å²) < 4.78 is 64.6. The molecule has 2 fully saturated rings. The molecule has 0 radical (unpaired) electrons. The van der Waals surface area contributed by atoms with E-state index in [0.29, 0.717) is 16.7 Å². The van der Waals surface area contributed by atoms with Gasteiger partial charge in [0.1, 0.15) is 42.7 Å². The molecule has 0 aromatic heterocycles. The average molecular weight is 1040 g/mol. The molecule has 2 aliphatic heterocycles. The van der Waals surface area contributed by atoms with Crippen molar-refractivity contribution in [1.29, 1.82) is 0 Å². The van der Waals surface area contributed by atoms with Crippen molar-refractivity contribution in [3.8, 4) is 0 Å². The normalized spacial score (nSPS) is 23.4. The van der Waals surface area contributed by atoms with Crippen molar-refractivity contribution in [3.63, 3.8) is 0 Å². The van der Waals surface area contributed by atoms with Crippen molar-refractivity contribution in [2.24, 2.45) is 0 Å². The Morgan fingerprint density at radius 3 is 1.17 bits per heavy atom. The lowest BCUT2D eigenvalue weighted by Crippen LogP contribution is -2.65.